The Morgan fingerprint density at radius 3 is 2.88 bits per heavy atom. The molecule has 2 aromatic heterocycles. The smallest absolute Gasteiger partial charge is 0.276 e. The van der Waals surface area contributed by atoms with Gasteiger partial charge in [-0.05, 0) is 38.8 Å². The third kappa shape index (κ3) is 3.16. The molecule has 5 rings (SSSR count). The molecule has 0 aromatic carbocycles. The lowest BCUT2D eigenvalue weighted by molar-refractivity contribution is 0.0696. The molecule has 1 unspecified atom stereocenters. The van der Waals surface area contributed by atoms with Crippen LogP contribution in [-0.4, -0.2) is 56.6 Å². The number of imidazole rings is 1. The first-order chi connectivity index (χ1) is 12.8. The Balaban J connectivity index is 1.36. The maximum atomic E-state index is 13.1. The van der Waals surface area contributed by atoms with Crippen LogP contribution in [0.3, 0.4) is 0 Å². The molecule has 26 heavy (non-hydrogen) atoms. The number of amides is 1. The van der Waals surface area contributed by atoms with Crippen molar-refractivity contribution in [2.24, 2.45) is 5.92 Å². The van der Waals surface area contributed by atoms with E-state index in [4.69, 9.17) is 4.52 Å². The molecule has 7 nitrogen and oxygen atoms in total. The molecule has 1 amide bonds. The van der Waals surface area contributed by atoms with Gasteiger partial charge in [-0.3, -0.25) is 4.79 Å². The van der Waals surface area contributed by atoms with E-state index in [2.05, 4.69) is 19.6 Å². The zero-order valence-corrected chi connectivity index (χ0v) is 15.0. The number of nitrogens with zero attached hydrogens (tertiary/aromatic N) is 5. The number of hydrogen-bond donors (Lipinski definition) is 0. The summed E-state index contributed by atoms with van der Waals surface area (Å²) in [7, 11) is 0. The van der Waals surface area contributed by atoms with Gasteiger partial charge in [-0.25, -0.2) is 4.98 Å². The number of aromatic nitrogens is 3. The first-order valence-corrected chi connectivity index (χ1v) is 9.74. The second-order valence-electron chi connectivity index (χ2n) is 7.94. The Hall–Kier alpha value is -2.15. The molecule has 1 aliphatic carbocycles. The predicted molar refractivity (Wildman–Crippen MR) is 94.6 cm³/mol. The van der Waals surface area contributed by atoms with Gasteiger partial charge < -0.3 is 18.9 Å². The Morgan fingerprint density at radius 2 is 2.08 bits per heavy atom. The summed E-state index contributed by atoms with van der Waals surface area (Å²) in [4.78, 5) is 22.0. The molecule has 7 heteroatoms. The highest BCUT2D eigenvalue weighted by Gasteiger charge is 2.32. The van der Waals surface area contributed by atoms with Crippen LogP contribution < -0.4 is 0 Å². The molecule has 2 fully saturated rings. The molecule has 0 radical (unpaired) electrons. The van der Waals surface area contributed by atoms with Crippen molar-refractivity contribution in [2.45, 2.75) is 44.7 Å². The van der Waals surface area contributed by atoms with Gasteiger partial charge in [-0.15, -0.1) is 0 Å². The largest absolute Gasteiger partial charge is 0.360 e. The topological polar surface area (TPSA) is 67.4 Å². The van der Waals surface area contributed by atoms with Crippen LogP contribution in [0.1, 0.15) is 53.7 Å². The Kier molecular flexibility index (Phi) is 4.04. The molecule has 0 spiro atoms. The molecule has 0 bridgehead atoms. The second-order valence-corrected chi connectivity index (χ2v) is 7.94. The van der Waals surface area contributed by atoms with Gasteiger partial charge in [0.2, 0.25) is 0 Å². The fourth-order valence-corrected chi connectivity index (χ4v) is 4.25. The average molecular weight is 355 g/mol. The van der Waals surface area contributed by atoms with Gasteiger partial charge in [-0.2, -0.15) is 0 Å². The maximum absolute atomic E-state index is 13.1. The quantitative estimate of drug-likeness (QED) is 0.840. The van der Waals surface area contributed by atoms with E-state index in [1.54, 1.807) is 0 Å². The lowest BCUT2D eigenvalue weighted by Gasteiger charge is -2.26. The molecule has 1 saturated carbocycles. The van der Waals surface area contributed by atoms with E-state index in [1.165, 1.54) is 25.9 Å². The summed E-state index contributed by atoms with van der Waals surface area (Å²) in [5.41, 5.74) is 0.437. The van der Waals surface area contributed by atoms with Crippen molar-refractivity contribution in [3.8, 4) is 0 Å². The summed E-state index contributed by atoms with van der Waals surface area (Å²) in [5.74, 6) is 2.65. The lowest BCUT2D eigenvalue weighted by Crippen LogP contribution is -2.38. The zero-order chi connectivity index (χ0) is 17.5. The number of carbonyl (C=O) groups is 1. The maximum Gasteiger partial charge on any atom is 0.276 e. The summed E-state index contributed by atoms with van der Waals surface area (Å²) in [6.07, 6.45) is 8.71. The van der Waals surface area contributed by atoms with Crippen LogP contribution in [0.25, 0.3) is 0 Å². The normalized spacial score (nSPS) is 23.8. The van der Waals surface area contributed by atoms with Gasteiger partial charge in [0, 0.05) is 49.9 Å². The van der Waals surface area contributed by atoms with Crippen molar-refractivity contribution < 1.29 is 9.32 Å². The lowest BCUT2D eigenvalue weighted by atomic mass is 10.1. The van der Waals surface area contributed by atoms with Crippen LogP contribution >= 0.6 is 0 Å². The van der Waals surface area contributed by atoms with E-state index >= 15 is 0 Å². The zero-order valence-electron chi connectivity index (χ0n) is 15.0. The highest BCUT2D eigenvalue weighted by Crippen LogP contribution is 2.40. The highest BCUT2D eigenvalue weighted by atomic mass is 16.5. The summed E-state index contributed by atoms with van der Waals surface area (Å²) in [6.45, 7) is 5.58. The molecule has 3 aliphatic rings. The van der Waals surface area contributed by atoms with Crippen molar-refractivity contribution in [1.29, 1.82) is 0 Å². The summed E-state index contributed by atoms with van der Waals surface area (Å²) in [5, 5.41) is 4.05. The number of fused-ring (bicyclic) bond motifs is 1. The molecule has 1 atom stereocenters. The molecule has 2 aromatic rings. The third-order valence-electron chi connectivity index (χ3n) is 5.80. The number of carbonyl (C=O) groups excluding carboxylic acids is 1. The van der Waals surface area contributed by atoms with Crippen molar-refractivity contribution in [3.05, 3.63) is 35.7 Å². The van der Waals surface area contributed by atoms with Crippen LogP contribution in [0.4, 0.5) is 0 Å². The van der Waals surface area contributed by atoms with Gasteiger partial charge >= 0.3 is 0 Å². The molecular formula is C19H25N5O2. The average Bonchev–Trinajstić information content (AvgIpc) is 3.03. The first kappa shape index (κ1) is 16.1. The van der Waals surface area contributed by atoms with Crippen LogP contribution in [-0.2, 0) is 13.1 Å². The number of rotatable bonds is 4. The van der Waals surface area contributed by atoms with Crippen molar-refractivity contribution in [2.75, 3.05) is 26.2 Å². The molecular weight excluding hydrogens is 330 g/mol. The third-order valence-corrected chi connectivity index (χ3v) is 5.80. The molecule has 138 valence electrons. The van der Waals surface area contributed by atoms with Crippen LogP contribution in [0.15, 0.2) is 23.0 Å². The predicted octanol–water partition coefficient (Wildman–Crippen LogP) is 2.12. The summed E-state index contributed by atoms with van der Waals surface area (Å²) in [6, 6.07) is 1.84. The van der Waals surface area contributed by atoms with Gasteiger partial charge in [-0.1, -0.05) is 5.16 Å². The molecule has 2 aliphatic heterocycles. The SMILES string of the molecule is O=C(c1cc(C2CC2)on1)N1Cc2nccn2CC(CN2CCCC2)C1. The summed E-state index contributed by atoms with van der Waals surface area (Å²) >= 11 is 0. The van der Waals surface area contributed by atoms with E-state index < -0.39 is 0 Å². The van der Waals surface area contributed by atoms with Crippen LogP contribution in [0, 0.1) is 5.92 Å². The minimum Gasteiger partial charge on any atom is -0.360 e. The molecule has 4 heterocycles. The Morgan fingerprint density at radius 1 is 1.23 bits per heavy atom. The van der Waals surface area contributed by atoms with E-state index in [0.29, 0.717) is 24.1 Å². The fourth-order valence-electron chi connectivity index (χ4n) is 4.25. The van der Waals surface area contributed by atoms with Gasteiger partial charge in [0.05, 0.1) is 6.54 Å². The highest BCUT2D eigenvalue weighted by molar-refractivity contribution is 5.92. The number of hydrogen-bond acceptors (Lipinski definition) is 5. The van der Waals surface area contributed by atoms with Crippen molar-refractivity contribution in [3.63, 3.8) is 0 Å². The van der Waals surface area contributed by atoms with E-state index in [9.17, 15) is 4.79 Å². The van der Waals surface area contributed by atoms with E-state index in [0.717, 1.165) is 44.1 Å². The fraction of sp³-hybridized carbons (Fsp3) is 0.632. The van der Waals surface area contributed by atoms with Crippen molar-refractivity contribution in [1.82, 2.24) is 24.5 Å². The standard InChI is InChI=1S/C19H25N5O2/c25-19(16-9-17(26-21-16)15-3-4-15)24-12-14(10-22-6-1-2-7-22)11-23-8-5-20-18(23)13-24/h5,8-9,14-15H,1-4,6-7,10-13H2. The number of likely N-dealkylation sites (tertiary alicyclic amines) is 1. The second kappa shape index (κ2) is 6.54. The molecule has 1 saturated heterocycles. The minimum atomic E-state index is -0.0384. The Bertz CT molecular complexity index is 787. The van der Waals surface area contributed by atoms with Gasteiger partial charge in [0.25, 0.3) is 5.91 Å². The van der Waals surface area contributed by atoms with Gasteiger partial charge in [0.1, 0.15) is 11.6 Å². The molecule has 0 N–H and O–H groups in total. The van der Waals surface area contributed by atoms with Gasteiger partial charge in [0.15, 0.2) is 5.69 Å². The Labute approximate surface area is 153 Å². The summed E-state index contributed by atoms with van der Waals surface area (Å²) < 4.78 is 7.59. The van der Waals surface area contributed by atoms with Crippen molar-refractivity contribution >= 4 is 5.91 Å². The monoisotopic (exact) mass is 355 g/mol. The minimum absolute atomic E-state index is 0.0384. The first-order valence-electron chi connectivity index (χ1n) is 9.74. The van der Waals surface area contributed by atoms with E-state index in [-0.39, 0.29) is 5.91 Å². The van der Waals surface area contributed by atoms with E-state index in [1.807, 2.05) is 23.4 Å². The van der Waals surface area contributed by atoms with Crippen LogP contribution in [0.2, 0.25) is 0 Å². The van der Waals surface area contributed by atoms with Crippen LogP contribution in [0.5, 0.6) is 0 Å².